The van der Waals surface area contributed by atoms with Gasteiger partial charge in [-0.3, -0.25) is 14.5 Å². The van der Waals surface area contributed by atoms with E-state index in [4.69, 9.17) is 9.47 Å². The number of aliphatic hydroxyl groups excluding tert-OH is 1. The van der Waals surface area contributed by atoms with Crippen molar-refractivity contribution in [2.75, 3.05) is 65.0 Å². The molecule has 2 heterocycles. The number of nitrogens with zero attached hydrogens (tertiary/aromatic N) is 3. The van der Waals surface area contributed by atoms with Crippen LogP contribution in [0.2, 0.25) is 0 Å². The van der Waals surface area contributed by atoms with Crippen LogP contribution in [0.25, 0.3) is 5.76 Å². The van der Waals surface area contributed by atoms with Gasteiger partial charge >= 0.3 is 0 Å². The smallest absolute Gasteiger partial charge is 0.295 e. The second-order valence-corrected chi connectivity index (χ2v) is 9.76. The SMILES string of the molecule is CCCOc1ccc(/C(O)=C2/C(=O)C(=O)N(CCN3CCOCC3)C2c2ccc(N(C)C)cc2)cc1C. The summed E-state index contributed by atoms with van der Waals surface area (Å²) in [5, 5.41) is 11.4. The highest BCUT2D eigenvalue weighted by molar-refractivity contribution is 6.46. The van der Waals surface area contributed by atoms with Crippen molar-refractivity contribution in [2.24, 2.45) is 0 Å². The summed E-state index contributed by atoms with van der Waals surface area (Å²) in [4.78, 5) is 32.5. The number of hydrogen-bond acceptors (Lipinski definition) is 7. The maximum Gasteiger partial charge on any atom is 0.295 e. The molecule has 37 heavy (non-hydrogen) atoms. The minimum absolute atomic E-state index is 0.117. The van der Waals surface area contributed by atoms with Crippen molar-refractivity contribution in [3.8, 4) is 5.75 Å². The zero-order valence-electron chi connectivity index (χ0n) is 22.2. The van der Waals surface area contributed by atoms with Crippen molar-refractivity contribution >= 4 is 23.1 Å². The van der Waals surface area contributed by atoms with Crippen LogP contribution in [0.5, 0.6) is 5.75 Å². The number of hydrogen-bond donors (Lipinski definition) is 1. The van der Waals surface area contributed by atoms with E-state index >= 15 is 0 Å². The normalized spacial score (nSPS) is 19.9. The maximum absolute atomic E-state index is 13.4. The Kier molecular flexibility index (Phi) is 8.51. The van der Waals surface area contributed by atoms with Gasteiger partial charge in [0.15, 0.2) is 0 Å². The van der Waals surface area contributed by atoms with Crippen molar-refractivity contribution in [3.05, 3.63) is 64.7 Å². The van der Waals surface area contributed by atoms with E-state index < -0.39 is 17.7 Å². The number of rotatable bonds is 9. The number of likely N-dealkylation sites (tertiary alicyclic amines) is 1. The van der Waals surface area contributed by atoms with E-state index in [-0.39, 0.29) is 11.3 Å². The first kappa shape index (κ1) is 26.7. The molecule has 2 aliphatic heterocycles. The molecule has 0 radical (unpaired) electrons. The predicted octanol–water partition coefficient (Wildman–Crippen LogP) is 3.60. The van der Waals surface area contributed by atoms with Crippen LogP contribution >= 0.6 is 0 Å². The first-order valence-electron chi connectivity index (χ1n) is 12.9. The van der Waals surface area contributed by atoms with Gasteiger partial charge in [0.25, 0.3) is 11.7 Å². The fourth-order valence-corrected chi connectivity index (χ4v) is 4.81. The Bertz CT molecular complexity index is 1150. The van der Waals surface area contributed by atoms with E-state index in [1.807, 2.05) is 57.1 Å². The highest BCUT2D eigenvalue weighted by atomic mass is 16.5. The Morgan fingerprint density at radius 2 is 1.78 bits per heavy atom. The topological polar surface area (TPSA) is 82.5 Å². The Balaban J connectivity index is 1.72. The second-order valence-electron chi connectivity index (χ2n) is 9.76. The van der Waals surface area contributed by atoms with E-state index in [1.54, 1.807) is 23.1 Å². The number of carbonyl (C=O) groups excluding carboxylic acids is 2. The number of amides is 1. The molecule has 2 fully saturated rings. The molecular weight excluding hydrogens is 470 g/mol. The Hall–Kier alpha value is -3.36. The van der Waals surface area contributed by atoms with Crippen molar-refractivity contribution < 1.29 is 24.2 Å². The fourth-order valence-electron chi connectivity index (χ4n) is 4.81. The molecule has 2 saturated heterocycles. The first-order chi connectivity index (χ1) is 17.8. The minimum atomic E-state index is -0.673. The van der Waals surface area contributed by atoms with Gasteiger partial charge in [0, 0.05) is 51.5 Å². The standard InChI is InChI=1S/C29H37N3O5/c1-5-16-37-24-11-8-22(19-20(24)2)27(33)25-26(21-6-9-23(10-7-21)30(3)4)32(29(35)28(25)34)13-12-31-14-17-36-18-15-31/h6-11,19,26,33H,5,12-18H2,1-4H3/b27-25-. The number of aryl methyl sites for hydroxylation is 1. The van der Waals surface area contributed by atoms with Gasteiger partial charge < -0.3 is 24.4 Å². The van der Waals surface area contributed by atoms with Crippen LogP contribution in [0.4, 0.5) is 5.69 Å². The lowest BCUT2D eigenvalue weighted by Crippen LogP contribution is -2.42. The van der Waals surface area contributed by atoms with Gasteiger partial charge in [-0.2, -0.15) is 0 Å². The van der Waals surface area contributed by atoms with Crippen LogP contribution in [0.1, 0.15) is 36.1 Å². The summed E-state index contributed by atoms with van der Waals surface area (Å²) in [5.74, 6) is -0.680. The molecule has 4 rings (SSSR count). The summed E-state index contributed by atoms with van der Waals surface area (Å²) in [5.41, 5.74) is 3.25. The van der Waals surface area contributed by atoms with Crippen LogP contribution in [0.15, 0.2) is 48.0 Å². The van der Waals surface area contributed by atoms with Crippen LogP contribution in [-0.2, 0) is 14.3 Å². The van der Waals surface area contributed by atoms with Gasteiger partial charge in [-0.05, 0) is 54.8 Å². The molecule has 0 bridgehead atoms. The van der Waals surface area contributed by atoms with Crippen LogP contribution in [0.3, 0.4) is 0 Å². The van der Waals surface area contributed by atoms with Crippen LogP contribution in [-0.4, -0.2) is 86.7 Å². The minimum Gasteiger partial charge on any atom is -0.507 e. The van der Waals surface area contributed by atoms with Crippen LogP contribution in [0, 0.1) is 6.92 Å². The Labute approximate surface area is 219 Å². The third kappa shape index (κ3) is 5.81. The van der Waals surface area contributed by atoms with E-state index in [0.29, 0.717) is 38.5 Å². The van der Waals surface area contributed by atoms with Gasteiger partial charge in [0.05, 0.1) is 31.4 Å². The first-order valence-corrected chi connectivity index (χ1v) is 12.9. The highest BCUT2D eigenvalue weighted by Crippen LogP contribution is 2.40. The van der Waals surface area contributed by atoms with Gasteiger partial charge in [0.1, 0.15) is 11.5 Å². The molecule has 198 valence electrons. The molecular formula is C29H37N3O5. The quantitative estimate of drug-likeness (QED) is 0.315. The van der Waals surface area contributed by atoms with Crippen molar-refractivity contribution in [1.82, 2.24) is 9.80 Å². The second kappa shape index (κ2) is 11.8. The highest BCUT2D eigenvalue weighted by Gasteiger charge is 2.46. The van der Waals surface area contributed by atoms with Crippen molar-refractivity contribution in [3.63, 3.8) is 0 Å². The molecule has 1 unspecified atom stereocenters. The molecule has 1 N–H and O–H groups in total. The van der Waals surface area contributed by atoms with Crippen molar-refractivity contribution in [2.45, 2.75) is 26.3 Å². The average Bonchev–Trinajstić information content (AvgIpc) is 3.16. The summed E-state index contributed by atoms with van der Waals surface area (Å²) in [6.07, 6.45) is 0.891. The number of carbonyl (C=O) groups is 2. The average molecular weight is 508 g/mol. The molecule has 0 saturated carbocycles. The lowest BCUT2D eigenvalue weighted by atomic mass is 9.94. The molecule has 1 amide bonds. The summed E-state index contributed by atoms with van der Waals surface area (Å²) >= 11 is 0. The Morgan fingerprint density at radius 3 is 2.41 bits per heavy atom. The lowest BCUT2D eigenvalue weighted by molar-refractivity contribution is -0.140. The van der Waals surface area contributed by atoms with Gasteiger partial charge in [-0.15, -0.1) is 0 Å². The summed E-state index contributed by atoms with van der Waals surface area (Å²) in [6.45, 7) is 8.45. The molecule has 0 aliphatic carbocycles. The zero-order chi connectivity index (χ0) is 26.5. The Morgan fingerprint density at radius 1 is 1.08 bits per heavy atom. The molecule has 8 nitrogen and oxygen atoms in total. The maximum atomic E-state index is 13.4. The molecule has 0 aromatic heterocycles. The number of ether oxygens (including phenoxy) is 2. The molecule has 0 spiro atoms. The molecule has 2 aromatic rings. The van der Waals surface area contributed by atoms with E-state index in [9.17, 15) is 14.7 Å². The van der Waals surface area contributed by atoms with E-state index in [1.165, 1.54) is 0 Å². The summed E-state index contributed by atoms with van der Waals surface area (Å²) in [7, 11) is 3.92. The summed E-state index contributed by atoms with van der Waals surface area (Å²) in [6, 6.07) is 12.4. The largest absolute Gasteiger partial charge is 0.507 e. The summed E-state index contributed by atoms with van der Waals surface area (Å²) < 4.78 is 11.2. The fraction of sp³-hybridized carbons (Fsp3) is 0.448. The van der Waals surface area contributed by atoms with E-state index in [0.717, 1.165) is 42.1 Å². The van der Waals surface area contributed by atoms with Crippen molar-refractivity contribution in [1.29, 1.82) is 0 Å². The third-order valence-corrected chi connectivity index (χ3v) is 6.94. The number of morpholine rings is 1. The number of Topliss-reactive ketones (excluding diaryl/α,β-unsaturated/α-hetero) is 1. The monoisotopic (exact) mass is 507 g/mol. The third-order valence-electron chi connectivity index (χ3n) is 6.94. The van der Waals surface area contributed by atoms with Crippen LogP contribution < -0.4 is 9.64 Å². The number of benzene rings is 2. The number of aliphatic hydroxyl groups is 1. The molecule has 2 aliphatic rings. The van der Waals surface area contributed by atoms with Gasteiger partial charge in [-0.1, -0.05) is 19.1 Å². The molecule has 2 aromatic carbocycles. The molecule has 8 heteroatoms. The number of anilines is 1. The number of ketones is 1. The van der Waals surface area contributed by atoms with Gasteiger partial charge in [-0.25, -0.2) is 0 Å². The predicted molar refractivity (Wildman–Crippen MR) is 144 cm³/mol. The molecule has 1 atom stereocenters. The van der Waals surface area contributed by atoms with Gasteiger partial charge in [0.2, 0.25) is 0 Å². The van der Waals surface area contributed by atoms with E-state index in [2.05, 4.69) is 4.90 Å². The lowest BCUT2D eigenvalue weighted by Gasteiger charge is -2.31. The zero-order valence-corrected chi connectivity index (χ0v) is 22.2.